The van der Waals surface area contributed by atoms with Crippen molar-refractivity contribution < 1.29 is 4.79 Å². The minimum Gasteiger partial charge on any atom is -0.352 e. The second kappa shape index (κ2) is 8.33. The van der Waals surface area contributed by atoms with E-state index in [2.05, 4.69) is 41.5 Å². The highest BCUT2D eigenvalue weighted by Crippen LogP contribution is 2.05. The smallest absolute Gasteiger partial charge is 0.252 e. The number of benzene rings is 1. The molecule has 0 saturated carbocycles. The Morgan fingerprint density at radius 1 is 1.15 bits per heavy atom. The molecule has 4 heteroatoms. The minimum atomic E-state index is -0.0710. The molecular weight excluding hydrogens is 272 g/mol. The lowest BCUT2D eigenvalue weighted by Crippen LogP contribution is -2.25. The number of amides is 1. The molecule has 0 aliphatic heterocycles. The fraction of sp³-hybridized carbons (Fsp3) is 0.250. The first-order valence-electron chi connectivity index (χ1n) is 6.55. The zero-order valence-corrected chi connectivity index (χ0v) is 12.3. The monoisotopic (exact) mass is 290 g/mol. The van der Waals surface area contributed by atoms with Gasteiger partial charge in [-0.25, -0.2) is 0 Å². The molecule has 3 nitrogen and oxygen atoms in total. The average molecular weight is 291 g/mol. The molecule has 0 fully saturated rings. The second-order valence-electron chi connectivity index (χ2n) is 4.42. The Balaban J connectivity index is 0.00000200. The average Bonchev–Trinajstić information content (AvgIpc) is 2.49. The van der Waals surface area contributed by atoms with Crippen LogP contribution >= 0.6 is 12.4 Å². The van der Waals surface area contributed by atoms with Gasteiger partial charge in [-0.2, -0.15) is 0 Å². The Bertz CT molecular complexity index is 526. The number of carbonyl (C=O) groups excluding carboxylic acids is 1. The van der Waals surface area contributed by atoms with Crippen molar-refractivity contribution in [3.8, 4) is 0 Å². The van der Waals surface area contributed by atoms with E-state index >= 15 is 0 Å². The molecule has 0 spiro atoms. The van der Waals surface area contributed by atoms with E-state index in [9.17, 15) is 4.79 Å². The summed E-state index contributed by atoms with van der Waals surface area (Å²) in [5, 5.41) is 2.90. The molecule has 1 heterocycles. The van der Waals surface area contributed by atoms with Gasteiger partial charge in [0.05, 0.1) is 5.56 Å². The third-order valence-corrected chi connectivity index (χ3v) is 3.05. The van der Waals surface area contributed by atoms with Crippen LogP contribution in [0.15, 0.2) is 48.8 Å². The molecule has 0 radical (unpaired) electrons. The van der Waals surface area contributed by atoms with Crippen molar-refractivity contribution >= 4 is 18.3 Å². The Hall–Kier alpha value is -1.87. The van der Waals surface area contributed by atoms with Gasteiger partial charge in [0, 0.05) is 18.9 Å². The summed E-state index contributed by atoms with van der Waals surface area (Å²) >= 11 is 0. The van der Waals surface area contributed by atoms with E-state index < -0.39 is 0 Å². The first-order chi connectivity index (χ1) is 9.29. The number of aryl methyl sites for hydroxylation is 1. The van der Waals surface area contributed by atoms with Crippen molar-refractivity contribution in [1.82, 2.24) is 10.3 Å². The lowest BCUT2D eigenvalue weighted by Gasteiger charge is -2.05. The fourth-order valence-electron chi connectivity index (χ4n) is 1.86. The number of nitrogens with zero attached hydrogens (tertiary/aromatic N) is 1. The Kier molecular flexibility index (Phi) is 6.74. The van der Waals surface area contributed by atoms with Crippen LogP contribution < -0.4 is 5.32 Å². The molecule has 0 atom stereocenters. The van der Waals surface area contributed by atoms with Crippen LogP contribution in [0.4, 0.5) is 0 Å². The molecule has 0 unspecified atom stereocenters. The summed E-state index contributed by atoms with van der Waals surface area (Å²) < 4.78 is 0. The van der Waals surface area contributed by atoms with Crippen LogP contribution in [-0.4, -0.2) is 17.4 Å². The number of hydrogen-bond donors (Lipinski definition) is 1. The number of aromatic nitrogens is 1. The van der Waals surface area contributed by atoms with Crippen molar-refractivity contribution in [2.24, 2.45) is 0 Å². The Morgan fingerprint density at radius 2 is 1.85 bits per heavy atom. The quantitative estimate of drug-likeness (QED) is 0.920. The third kappa shape index (κ3) is 4.67. The van der Waals surface area contributed by atoms with E-state index in [1.807, 2.05) is 0 Å². The van der Waals surface area contributed by atoms with E-state index in [4.69, 9.17) is 0 Å². The van der Waals surface area contributed by atoms with Crippen LogP contribution in [0.3, 0.4) is 0 Å². The lowest BCUT2D eigenvalue weighted by molar-refractivity contribution is 0.0954. The van der Waals surface area contributed by atoms with Crippen molar-refractivity contribution in [2.75, 3.05) is 6.54 Å². The predicted molar refractivity (Wildman–Crippen MR) is 83.3 cm³/mol. The molecule has 0 aliphatic carbocycles. The summed E-state index contributed by atoms with van der Waals surface area (Å²) in [6.45, 7) is 2.78. The number of nitrogens with one attached hydrogen (secondary N) is 1. The first-order valence-corrected chi connectivity index (χ1v) is 6.55. The Labute approximate surface area is 125 Å². The number of halogens is 1. The summed E-state index contributed by atoms with van der Waals surface area (Å²) in [6, 6.07) is 12.0. The molecule has 106 valence electrons. The summed E-state index contributed by atoms with van der Waals surface area (Å²) in [6.07, 6.45) is 5.13. The lowest BCUT2D eigenvalue weighted by atomic mass is 10.1. The van der Waals surface area contributed by atoms with E-state index in [0.717, 1.165) is 12.8 Å². The number of carbonyl (C=O) groups is 1. The van der Waals surface area contributed by atoms with E-state index in [0.29, 0.717) is 12.1 Å². The molecule has 1 N–H and O–H groups in total. The zero-order valence-electron chi connectivity index (χ0n) is 11.5. The van der Waals surface area contributed by atoms with Crippen LogP contribution in [0.1, 0.15) is 28.4 Å². The molecule has 0 aliphatic rings. The van der Waals surface area contributed by atoms with Crippen LogP contribution in [-0.2, 0) is 12.8 Å². The molecule has 0 bridgehead atoms. The third-order valence-electron chi connectivity index (χ3n) is 3.05. The maximum absolute atomic E-state index is 11.8. The maximum Gasteiger partial charge on any atom is 0.252 e. The standard InChI is InChI=1S/C16H18N2O.ClH/c1-2-13-5-7-14(8-6-13)9-11-18-16(19)15-4-3-10-17-12-15;/h3-8,10,12H,2,9,11H2,1H3,(H,18,19);1H. The molecule has 1 amide bonds. The van der Waals surface area contributed by atoms with Gasteiger partial charge in [-0.3, -0.25) is 9.78 Å². The molecule has 1 aromatic carbocycles. The normalized spacial score (nSPS) is 9.65. The summed E-state index contributed by atoms with van der Waals surface area (Å²) in [7, 11) is 0. The van der Waals surface area contributed by atoms with Crippen molar-refractivity contribution in [2.45, 2.75) is 19.8 Å². The van der Waals surface area contributed by atoms with Gasteiger partial charge in [0.15, 0.2) is 0 Å². The van der Waals surface area contributed by atoms with Crippen LogP contribution in [0.25, 0.3) is 0 Å². The summed E-state index contributed by atoms with van der Waals surface area (Å²) in [5.41, 5.74) is 3.18. The van der Waals surface area contributed by atoms with Gasteiger partial charge >= 0.3 is 0 Å². The molecule has 2 rings (SSSR count). The highest BCUT2D eigenvalue weighted by molar-refractivity contribution is 5.93. The van der Waals surface area contributed by atoms with Gasteiger partial charge in [-0.1, -0.05) is 31.2 Å². The van der Waals surface area contributed by atoms with E-state index in [1.54, 1.807) is 24.5 Å². The van der Waals surface area contributed by atoms with Gasteiger partial charge in [-0.15, -0.1) is 12.4 Å². The number of pyridine rings is 1. The summed E-state index contributed by atoms with van der Waals surface area (Å²) in [5.74, 6) is -0.0710. The van der Waals surface area contributed by atoms with Crippen molar-refractivity contribution in [1.29, 1.82) is 0 Å². The second-order valence-corrected chi connectivity index (χ2v) is 4.42. The zero-order chi connectivity index (χ0) is 13.5. The minimum absolute atomic E-state index is 0. The highest BCUT2D eigenvalue weighted by atomic mass is 35.5. The highest BCUT2D eigenvalue weighted by Gasteiger charge is 2.03. The van der Waals surface area contributed by atoms with Gasteiger partial charge in [0.25, 0.3) is 5.91 Å². The van der Waals surface area contributed by atoms with Gasteiger partial charge < -0.3 is 5.32 Å². The first kappa shape index (κ1) is 16.2. The Morgan fingerprint density at radius 3 is 2.45 bits per heavy atom. The molecule has 2 aromatic rings. The predicted octanol–water partition coefficient (Wildman–Crippen LogP) is 3.04. The number of rotatable bonds is 5. The van der Waals surface area contributed by atoms with Crippen LogP contribution in [0, 0.1) is 0 Å². The molecule has 1 aromatic heterocycles. The largest absolute Gasteiger partial charge is 0.352 e. The molecule has 0 saturated heterocycles. The van der Waals surface area contributed by atoms with Crippen molar-refractivity contribution in [3.05, 3.63) is 65.5 Å². The van der Waals surface area contributed by atoms with Gasteiger partial charge in [0.1, 0.15) is 0 Å². The van der Waals surface area contributed by atoms with Crippen molar-refractivity contribution in [3.63, 3.8) is 0 Å². The molecular formula is C16H19ClN2O. The SMILES string of the molecule is CCc1ccc(CCNC(=O)c2cccnc2)cc1.Cl. The molecule has 20 heavy (non-hydrogen) atoms. The topological polar surface area (TPSA) is 42.0 Å². The van der Waals surface area contributed by atoms with Gasteiger partial charge in [0.2, 0.25) is 0 Å². The number of hydrogen-bond acceptors (Lipinski definition) is 2. The fourth-order valence-corrected chi connectivity index (χ4v) is 1.86. The maximum atomic E-state index is 11.8. The summed E-state index contributed by atoms with van der Waals surface area (Å²) in [4.78, 5) is 15.7. The van der Waals surface area contributed by atoms with Crippen LogP contribution in [0.2, 0.25) is 0 Å². The van der Waals surface area contributed by atoms with Crippen LogP contribution in [0.5, 0.6) is 0 Å². The van der Waals surface area contributed by atoms with E-state index in [-0.39, 0.29) is 18.3 Å². The van der Waals surface area contributed by atoms with Gasteiger partial charge in [-0.05, 0) is 36.1 Å². The van der Waals surface area contributed by atoms with E-state index in [1.165, 1.54) is 11.1 Å².